The molecule has 1 saturated heterocycles. The van der Waals surface area contributed by atoms with E-state index in [0.29, 0.717) is 0 Å². The van der Waals surface area contributed by atoms with Gasteiger partial charge in [0.15, 0.2) is 0 Å². The second-order valence-electron chi connectivity index (χ2n) is 11.1. The van der Waals surface area contributed by atoms with E-state index >= 15 is 0 Å². The van der Waals surface area contributed by atoms with Crippen LogP contribution in [0.3, 0.4) is 0 Å². The second kappa shape index (κ2) is 9.73. The third kappa shape index (κ3) is 4.77. The molecule has 37 heavy (non-hydrogen) atoms. The molecule has 0 spiro atoms. The van der Waals surface area contributed by atoms with Crippen LogP contribution in [0.5, 0.6) is 0 Å². The maximum atomic E-state index is 13.5. The lowest BCUT2D eigenvalue weighted by Gasteiger charge is -2.33. The molecule has 2 aromatic carbocycles. The van der Waals surface area contributed by atoms with E-state index in [4.69, 9.17) is 4.42 Å². The quantitative estimate of drug-likeness (QED) is 0.480. The first-order chi connectivity index (χ1) is 17.6. The zero-order valence-electron chi connectivity index (χ0n) is 22.6. The van der Waals surface area contributed by atoms with Gasteiger partial charge >= 0.3 is 0 Å². The number of piperidine rings is 1. The predicted octanol–water partition coefficient (Wildman–Crippen LogP) is 5.59. The summed E-state index contributed by atoms with van der Waals surface area (Å²) in [4.78, 5) is 30.3. The molecule has 0 aliphatic carbocycles. The summed E-state index contributed by atoms with van der Waals surface area (Å²) < 4.78 is 6.06. The number of hydrogen-bond acceptors (Lipinski definition) is 4. The van der Waals surface area contributed by atoms with Crippen molar-refractivity contribution < 1.29 is 14.0 Å². The van der Waals surface area contributed by atoms with E-state index in [2.05, 4.69) is 35.3 Å². The van der Waals surface area contributed by atoms with Crippen LogP contribution < -0.4 is 15.1 Å². The minimum Gasteiger partial charge on any atom is -0.464 e. The normalized spacial score (nSPS) is 17.6. The van der Waals surface area contributed by atoms with Crippen LogP contribution in [0.1, 0.15) is 72.9 Å². The van der Waals surface area contributed by atoms with Gasteiger partial charge in [-0.25, -0.2) is 0 Å². The second-order valence-corrected chi connectivity index (χ2v) is 11.1. The molecule has 2 amide bonds. The number of rotatable bonds is 6. The minimum absolute atomic E-state index is 0.0713. The average Bonchev–Trinajstić information content (AvgIpc) is 3.38. The smallest absolute Gasteiger partial charge is 0.236 e. The van der Waals surface area contributed by atoms with Gasteiger partial charge in [0.25, 0.3) is 0 Å². The number of carbonyl (C=O) groups is 2. The summed E-state index contributed by atoms with van der Waals surface area (Å²) in [6.45, 7) is 9.96. The first kappa shape index (κ1) is 25.1. The zero-order valence-corrected chi connectivity index (χ0v) is 22.6. The Bertz CT molecular complexity index is 1330. The van der Waals surface area contributed by atoms with Gasteiger partial charge < -0.3 is 19.5 Å². The number of furan rings is 1. The van der Waals surface area contributed by atoms with Crippen LogP contribution in [0.25, 0.3) is 0 Å². The van der Waals surface area contributed by atoms with Gasteiger partial charge in [0.2, 0.25) is 11.8 Å². The van der Waals surface area contributed by atoms with Crippen molar-refractivity contribution >= 4 is 23.2 Å². The Kier molecular flexibility index (Phi) is 6.61. The fourth-order valence-electron chi connectivity index (χ4n) is 5.74. The Morgan fingerprint density at radius 2 is 1.76 bits per heavy atom. The topological polar surface area (TPSA) is 65.8 Å². The highest BCUT2D eigenvalue weighted by molar-refractivity contribution is 6.07. The summed E-state index contributed by atoms with van der Waals surface area (Å²) in [5.41, 5.74) is 5.59. The van der Waals surface area contributed by atoms with Crippen molar-refractivity contribution in [1.82, 2.24) is 5.32 Å². The summed E-state index contributed by atoms with van der Waals surface area (Å²) in [7, 11) is 1.81. The number of fused-ring (bicyclic) bond motifs is 1. The molecule has 1 aromatic heterocycles. The van der Waals surface area contributed by atoms with Gasteiger partial charge in [0.1, 0.15) is 17.6 Å². The number of likely N-dealkylation sites (N-methyl/N-ethyl adjacent to an activating group) is 1. The molecule has 0 saturated carbocycles. The van der Waals surface area contributed by atoms with Crippen molar-refractivity contribution in [3.05, 3.63) is 82.3 Å². The largest absolute Gasteiger partial charge is 0.464 e. The van der Waals surface area contributed by atoms with E-state index < -0.39 is 11.5 Å². The third-order valence-electron chi connectivity index (χ3n) is 7.84. The number of nitrogens with one attached hydrogen (secondary N) is 1. The number of aryl methyl sites for hydroxylation is 2. The van der Waals surface area contributed by atoms with Crippen LogP contribution in [-0.4, -0.2) is 32.0 Å². The van der Waals surface area contributed by atoms with E-state index in [1.54, 1.807) is 11.9 Å². The highest BCUT2D eigenvalue weighted by Gasteiger charge is 2.42. The van der Waals surface area contributed by atoms with Gasteiger partial charge in [-0.2, -0.15) is 0 Å². The summed E-state index contributed by atoms with van der Waals surface area (Å²) in [6, 6.07) is 15.9. The van der Waals surface area contributed by atoms with E-state index in [9.17, 15) is 9.59 Å². The van der Waals surface area contributed by atoms with Gasteiger partial charge in [-0.3, -0.25) is 9.59 Å². The van der Waals surface area contributed by atoms with Crippen LogP contribution in [-0.2, 0) is 21.4 Å². The van der Waals surface area contributed by atoms with Crippen LogP contribution >= 0.6 is 0 Å². The van der Waals surface area contributed by atoms with Crippen LogP contribution in [0.15, 0.2) is 52.9 Å². The third-order valence-corrected chi connectivity index (χ3v) is 7.84. The summed E-state index contributed by atoms with van der Waals surface area (Å²) in [5, 5.41) is 3.28. The number of carbonyl (C=O) groups excluding carboxylic acids is 2. The number of benzene rings is 2. The summed E-state index contributed by atoms with van der Waals surface area (Å²) in [5.74, 6) is 1.53. The average molecular weight is 500 g/mol. The summed E-state index contributed by atoms with van der Waals surface area (Å²) in [6.07, 6.45) is 3.84. The van der Waals surface area contributed by atoms with Crippen LogP contribution in [0, 0.1) is 13.8 Å². The zero-order chi connectivity index (χ0) is 26.3. The Morgan fingerprint density at radius 3 is 2.46 bits per heavy atom. The molecule has 194 valence electrons. The molecule has 1 fully saturated rings. The number of anilines is 2. The van der Waals surface area contributed by atoms with Crippen LogP contribution in [0.4, 0.5) is 11.4 Å². The fourth-order valence-corrected chi connectivity index (χ4v) is 5.74. The van der Waals surface area contributed by atoms with E-state index in [1.165, 1.54) is 30.5 Å². The van der Waals surface area contributed by atoms with Crippen LogP contribution in [0.2, 0.25) is 0 Å². The van der Waals surface area contributed by atoms with Crippen molar-refractivity contribution in [2.45, 2.75) is 64.8 Å². The molecule has 3 heterocycles. The monoisotopic (exact) mass is 499 g/mol. The lowest BCUT2D eigenvalue weighted by Crippen LogP contribution is -2.34. The number of amides is 2. The van der Waals surface area contributed by atoms with E-state index in [-0.39, 0.29) is 18.2 Å². The maximum Gasteiger partial charge on any atom is 0.236 e. The molecular weight excluding hydrogens is 462 g/mol. The fraction of sp³-hybridized carbons (Fsp3) is 0.419. The molecule has 2 aliphatic heterocycles. The lowest BCUT2D eigenvalue weighted by atomic mass is 9.85. The molecule has 5 rings (SSSR count). The van der Waals surface area contributed by atoms with Crippen molar-refractivity contribution in [2.24, 2.45) is 0 Å². The van der Waals surface area contributed by atoms with E-state index in [0.717, 1.165) is 47.0 Å². The molecule has 6 nitrogen and oxygen atoms in total. The molecule has 1 unspecified atom stereocenters. The van der Waals surface area contributed by atoms with Crippen molar-refractivity contribution in [1.29, 1.82) is 0 Å². The van der Waals surface area contributed by atoms with Gasteiger partial charge in [-0.1, -0.05) is 24.3 Å². The van der Waals surface area contributed by atoms with Gasteiger partial charge in [0, 0.05) is 37.1 Å². The molecular formula is C31H37N3O3. The molecule has 1 atom stereocenters. The van der Waals surface area contributed by atoms with Crippen molar-refractivity contribution in [3.63, 3.8) is 0 Å². The lowest BCUT2D eigenvalue weighted by molar-refractivity contribution is -0.122. The number of hydrogen-bond donors (Lipinski definition) is 1. The standard InChI is InChI=1S/C31H37N3O3/c1-20-9-12-23(26(17-20)34-15-7-6-8-16-34)29(27-14-10-21(2)37-27)32-28(35)19-22-11-13-25-24(18-22)31(3,4)30(36)33(25)5/h9-14,17-18,29H,6-8,15-16,19H2,1-5H3,(H,32,35). The molecule has 6 heteroatoms. The van der Waals surface area contributed by atoms with Crippen molar-refractivity contribution in [2.75, 3.05) is 29.9 Å². The highest BCUT2D eigenvalue weighted by Crippen LogP contribution is 2.41. The number of nitrogens with zero attached hydrogens (tertiary/aromatic N) is 2. The first-order valence-corrected chi connectivity index (χ1v) is 13.3. The highest BCUT2D eigenvalue weighted by atomic mass is 16.3. The van der Waals surface area contributed by atoms with Gasteiger partial charge in [-0.15, -0.1) is 0 Å². The Labute approximate surface area is 219 Å². The molecule has 1 N–H and O–H groups in total. The predicted molar refractivity (Wildman–Crippen MR) is 147 cm³/mol. The Morgan fingerprint density at radius 1 is 1.00 bits per heavy atom. The Hall–Kier alpha value is -3.54. The van der Waals surface area contributed by atoms with E-state index in [1.807, 2.05) is 51.1 Å². The molecule has 0 bridgehead atoms. The first-order valence-electron chi connectivity index (χ1n) is 13.3. The minimum atomic E-state index is -0.601. The molecule has 0 radical (unpaired) electrons. The molecule has 2 aliphatic rings. The van der Waals surface area contributed by atoms with Gasteiger partial charge in [-0.05, 0) is 87.9 Å². The molecule has 3 aromatic rings. The maximum absolute atomic E-state index is 13.5. The summed E-state index contributed by atoms with van der Waals surface area (Å²) >= 11 is 0. The Balaban J connectivity index is 1.45. The SMILES string of the molecule is Cc1ccc(C(NC(=O)Cc2ccc3c(c2)C(C)(C)C(=O)N3C)c2ccc(C)o2)c(N2CCCCC2)c1. The van der Waals surface area contributed by atoms with Gasteiger partial charge in [0.05, 0.1) is 11.8 Å². The van der Waals surface area contributed by atoms with Crippen molar-refractivity contribution in [3.8, 4) is 0 Å².